The van der Waals surface area contributed by atoms with Gasteiger partial charge in [0.2, 0.25) is 0 Å². The van der Waals surface area contributed by atoms with Crippen LogP contribution in [0.2, 0.25) is 5.02 Å². The Bertz CT molecular complexity index is 611. The lowest BCUT2D eigenvalue weighted by Gasteiger charge is -2.27. The molecular formula is C16H22ClN3. The van der Waals surface area contributed by atoms with E-state index in [4.69, 9.17) is 16.6 Å². The van der Waals surface area contributed by atoms with Crippen LogP contribution in [0.3, 0.4) is 0 Å². The van der Waals surface area contributed by atoms with Crippen molar-refractivity contribution in [3.05, 3.63) is 29.0 Å². The average molecular weight is 292 g/mol. The van der Waals surface area contributed by atoms with E-state index in [1.807, 2.05) is 12.1 Å². The van der Waals surface area contributed by atoms with Crippen molar-refractivity contribution in [2.45, 2.75) is 45.1 Å². The molecule has 1 aliphatic rings. The average Bonchev–Trinajstić information content (AvgIpc) is 3.05. The summed E-state index contributed by atoms with van der Waals surface area (Å²) in [6, 6.07) is 6.06. The predicted octanol–water partition coefficient (Wildman–Crippen LogP) is 3.74. The van der Waals surface area contributed by atoms with E-state index in [1.165, 1.54) is 17.8 Å². The molecule has 4 heteroatoms. The van der Waals surface area contributed by atoms with Crippen molar-refractivity contribution in [2.24, 2.45) is 0 Å². The Balaban J connectivity index is 2.20. The Morgan fingerprint density at radius 3 is 2.90 bits per heavy atom. The van der Waals surface area contributed by atoms with Gasteiger partial charge in [0.25, 0.3) is 0 Å². The highest BCUT2D eigenvalue weighted by atomic mass is 35.5. The summed E-state index contributed by atoms with van der Waals surface area (Å²) in [4.78, 5) is 4.96. The SMILES string of the molecule is CCCn1c(C2(CC)CCNC2)nc2cc(Cl)ccc21. The third-order valence-electron chi connectivity index (χ3n) is 4.55. The molecule has 1 atom stereocenters. The van der Waals surface area contributed by atoms with Crippen molar-refractivity contribution < 1.29 is 0 Å². The van der Waals surface area contributed by atoms with Crippen molar-refractivity contribution in [2.75, 3.05) is 13.1 Å². The molecule has 1 aromatic heterocycles. The highest BCUT2D eigenvalue weighted by Crippen LogP contribution is 2.36. The Labute approximate surface area is 125 Å². The van der Waals surface area contributed by atoms with Crippen LogP contribution in [0.1, 0.15) is 38.9 Å². The van der Waals surface area contributed by atoms with E-state index in [-0.39, 0.29) is 5.41 Å². The van der Waals surface area contributed by atoms with Gasteiger partial charge in [0.15, 0.2) is 0 Å². The maximum absolute atomic E-state index is 6.12. The van der Waals surface area contributed by atoms with Gasteiger partial charge in [0.1, 0.15) is 5.82 Å². The fourth-order valence-corrected chi connectivity index (χ4v) is 3.52. The molecule has 0 saturated carbocycles. The van der Waals surface area contributed by atoms with Crippen LogP contribution >= 0.6 is 11.6 Å². The summed E-state index contributed by atoms with van der Waals surface area (Å²) in [7, 11) is 0. The minimum Gasteiger partial charge on any atom is -0.327 e. The summed E-state index contributed by atoms with van der Waals surface area (Å²) < 4.78 is 2.40. The second-order valence-corrected chi connectivity index (χ2v) is 6.22. The minimum absolute atomic E-state index is 0.181. The highest BCUT2D eigenvalue weighted by molar-refractivity contribution is 6.31. The number of fused-ring (bicyclic) bond motifs is 1. The molecule has 1 unspecified atom stereocenters. The standard InChI is InChI=1S/C16H22ClN3/c1-3-9-20-14-6-5-12(17)10-13(14)19-15(20)16(4-2)7-8-18-11-16/h5-6,10,18H,3-4,7-9,11H2,1-2H3. The lowest BCUT2D eigenvalue weighted by molar-refractivity contribution is 0.405. The van der Waals surface area contributed by atoms with Crippen molar-refractivity contribution in [1.29, 1.82) is 0 Å². The van der Waals surface area contributed by atoms with E-state index in [0.29, 0.717) is 0 Å². The first-order valence-corrected chi connectivity index (χ1v) is 7.95. The molecule has 0 radical (unpaired) electrons. The molecule has 0 aliphatic carbocycles. The predicted molar refractivity (Wildman–Crippen MR) is 84.5 cm³/mol. The first-order chi connectivity index (χ1) is 9.70. The Hall–Kier alpha value is -1.06. The van der Waals surface area contributed by atoms with Crippen LogP contribution in [0.15, 0.2) is 18.2 Å². The molecular weight excluding hydrogens is 270 g/mol. The number of aromatic nitrogens is 2. The number of imidazole rings is 1. The van der Waals surface area contributed by atoms with E-state index in [9.17, 15) is 0 Å². The van der Waals surface area contributed by atoms with E-state index >= 15 is 0 Å². The Kier molecular flexibility index (Phi) is 3.74. The van der Waals surface area contributed by atoms with Crippen molar-refractivity contribution in [3.8, 4) is 0 Å². The highest BCUT2D eigenvalue weighted by Gasteiger charge is 2.38. The summed E-state index contributed by atoms with van der Waals surface area (Å²) >= 11 is 6.12. The number of aryl methyl sites for hydroxylation is 1. The molecule has 3 nitrogen and oxygen atoms in total. The molecule has 2 heterocycles. The fourth-order valence-electron chi connectivity index (χ4n) is 3.35. The lowest BCUT2D eigenvalue weighted by Crippen LogP contribution is -2.32. The molecule has 1 N–H and O–H groups in total. The molecule has 0 amide bonds. The monoisotopic (exact) mass is 291 g/mol. The zero-order valence-electron chi connectivity index (χ0n) is 12.2. The van der Waals surface area contributed by atoms with Gasteiger partial charge in [0.05, 0.1) is 11.0 Å². The van der Waals surface area contributed by atoms with Crippen LogP contribution in [0.25, 0.3) is 11.0 Å². The van der Waals surface area contributed by atoms with Crippen molar-refractivity contribution >= 4 is 22.6 Å². The van der Waals surface area contributed by atoms with Crippen LogP contribution in [-0.2, 0) is 12.0 Å². The van der Waals surface area contributed by atoms with Gasteiger partial charge in [0, 0.05) is 23.5 Å². The first-order valence-electron chi connectivity index (χ1n) is 7.57. The molecule has 1 saturated heterocycles. The molecule has 1 fully saturated rings. The van der Waals surface area contributed by atoms with Gasteiger partial charge in [-0.25, -0.2) is 4.98 Å². The van der Waals surface area contributed by atoms with Gasteiger partial charge in [-0.05, 0) is 44.0 Å². The van der Waals surface area contributed by atoms with E-state index in [0.717, 1.165) is 43.0 Å². The topological polar surface area (TPSA) is 29.9 Å². The third kappa shape index (κ3) is 2.13. The largest absolute Gasteiger partial charge is 0.327 e. The molecule has 108 valence electrons. The third-order valence-corrected chi connectivity index (χ3v) is 4.79. The molecule has 0 spiro atoms. The lowest BCUT2D eigenvalue weighted by atomic mass is 9.83. The second-order valence-electron chi connectivity index (χ2n) is 5.78. The number of benzene rings is 1. The van der Waals surface area contributed by atoms with Crippen molar-refractivity contribution in [3.63, 3.8) is 0 Å². The van der Waals surface area contributed by atoms with Gasteiger partial charge in [-0.1, -0.05) is 25.4 Å². The number of hydrogen-bond acceptors (Lipinski definition) is 2. The molecule has 3 rings (SSSR count). The number of halogens is 1. The van der Waals surface area contributed by atoms with Gasteiger partial charge < -0.3 is 9.88 Å². The molecule has 20 heavy (non-hydrogen) atoms. The fraction of sp³-hybridized carbons (Fsp3) is 0.562. The summed E-state index contributed by atoms with van der Waals surface area (Å²) in [5.74, 6) is 1.24. The Morgan fingerprint density at radius 1 is 1.40 bits per heavy atom. The number of hydrogen-bond donors (Lipinski definition) is 1. The number of nitrogens with one attached hydrogen (secondary N) is 1. The van der Waals surface area contributed by atoms with Gasteiger partial charge >= 0.3 is 0 Å². The Morgan fingerprint density at radius 2 is 2.25 bits per heavy atom. The van der Waals surface area contributed by atoms with E-state index < -0.39 is 0 Å². The zero-order valence-corrected chi connectivity index (χ0v) is 13.0. The molecule has 0 bridgehead atoms. The van der Waals surface area contributed by atoms with Crippen LogP contribution in [0, 0.1) is 0 Å². The summed E-state index contributed by atoms with van der Waals surface area (Å²) in [5.41, 5.74) is 2.42. The number of rotatable bonds is 4. The smallest absolute Gasteiger partial charge is 0.117 e. The summed E-state index contributed by atoms with van der Waals surface area (Å²) in [5, 5.41) is 4.27. The van der Waals surface area contributed by atoms with Crippen molar-refractivity contribution in [1.82, 2.24) is 14.9 Å². The number of nitrogens with zero attached hydrogens (tertiary/aromatic N) is 2. The minimum atomic E-state index is 0.181. The zero-order chi connectivity index (χ0) is 14.2. The second kappa shape index (κ2) is 5.38. The quantitative estimate of drug-likeness (QED) is 0.930. The maximum atomic E-state index is 6.12. The van der Waals surface area contributed by atoms with E-state index in [1.54, 1.807) is 0 Å². The van der Waals surface area contributed by atoms with Crippen LogP contribution in [0.4, 0.5) is 0 Å². The van der Waals surface area contributed by atoms with Crippen LogP contribution in [0.5, 0.6) is 0 Å². The maximum Gasteiger partial charge on any atom is 0.117 e. The first kappa shape index (κ1) is 13.9. The normalized spacial score (nSPS) is 22.8. The van der Waals surface area contributed by atoms with Gasteiger partial charge in [-0.2, -0.15) is 0 Å². The molecule has 1 aliphatic heterocycles. The van der Waals surface area contributed by atoms with Crippen LogP contribution < -0.4 is 5.32 Å². The molecule has 2 aromatic rings. The van der Waals surface area contributed by atoms with Gasteiger partial charge in [-0.15, -0.1) is 0 Å². The summed E-state index contributed by atoms with van der Waals surface area (Å²) in [6.07, 6.45) is 3.42. The van der Waals surface area contributed by atoms with E-state index in [2.05, 4.69) is 29.8 Å². The van der Waals surface area contributed by atoms with Crippen LogP contribution in [-0.4, -0.2) is 22.6 Å². The molecule has 1 aromatic carbocycles. The summed E-state index contributed by atoms with van der Waals surface area (Å²) in [6.45, 7) is 7.63. The van der Waals surface area contributed by atoms with Gasteiger partial charge in [-0.3, -0.25) is 0 Å².